The highest BCUT2D eigenvalue weighted by atomic mass is 14.3. The Hall–Kier alpha value is 0. The molecule has 0 heteroatoms. The summed E-state index contributed by atoms with van der Waals surface area (Å²) in [6.45, 7) is 7.14. The van der Waals surface area contributed by atoms with Crippen LogP contribution >= 0.6 is 0 Å². The Labute approximate surface area is 77.7 Å². The van der Waals surface area contributed by atoms with Crippen molar-refractivity contribution in [3.63, 3.8) is 0 Å². The van der Waals surface area contributed by atoms with E-state index in [4.69, 9.17) is 0 Å². The van der Waals surface area contributed by atoms with Gasteiger partial charge in [0.1, 0.15) is 0 Å². The van der Waals surface area contributed by atoms with Gasteiger partial charge in [0.15, 0.2) is 0 Å². The molecule has 0 radical (unpaired) electrons. The summed E-state index contributed by atoms with van der Waals surface area (Å²) in [7, 11) is 0. The van der Waals surface area contributed by atoms with E-state index in [0.29, 0.717) is 0 Å². The molecule has 0 saturated heterocycles. The molecule has 0 aromatic heterocycles. The highest BCUT2D eigenvalue weighted by molar-refractivity contribution is 4.75. The first-order valence-corrected chi connectivity index (χ1v) is 5.74. The van der Waals surface area contributed by atoms with Crippen molar-refractivity contribution in [3.05, 3.63) is 0 Å². The van der Waals surface area contributed by atoms with Crippen LogP contribution in [0.4, 0.5) is 0 Å². The molecule has 0 nitrogen and oxygen atoms in total. The average Bonchev–Trinajstić information content (AvgIpc) is 1.97. The van der Waals surface area contributed by atoms with Crippen LogP contribution in [0.5, 0.6) is 0 Å². The first-order valence-electron chi connectivity index (χ1n) is 5.74. The summed E-state index contributed by atoms with van der Waals surface area (Å²) in [5.74, 6) is 3.05. The summed E-state index contributed by atoms with van der Waals surface area (Å²) in [4.78, 5) is 0. The molecule has 0 bridgehead atoms. The summed E-state index contributed by atoms with van der Waals surface area (Å²) >= 11 is 0. The van der Waals surface area contributed by atoms with Crippen LogP contribution in [0.1, 0.15) is 59.3 Å². The fraction of sp³-hybridized carbons (Fsp3) is 1.00. The van der Waals surface area contributed by atoms with Crippen LogP contribution in [0.2, 0.25) is 0 Å². The third-order valence-corrected chi connectivity index (χ3v) is 3.77. The Morgan fingerprint density at radius 1 is 1.17 bits per heavy atom. The Balaban J connectivity index is 2.05. The first-order chi connectivity index (χ1) is 5.74. The predicted molar refractivity (Wildman–Crippen MR) is 55.2 cm³/mol. The van der Waals surface area contributed by atoms with E-state index in [1.807, 2.05) is 0 Å². The molecule has 1 aliphatic carbocycles. The van der Waals surface area contributed by atoms with Gasteiger partial charge in [-0.2, -0.15) is 0 Å². The minimum absolute atomic E-state index is 0.951. The lowest BCUT2D eigenvalue weighted by molar-refractivity contribution is 0.201. The van der Waals surface area contributed by atoms with Crippen LogP contribution < -0.4 is 0 Å². The van der Waals surface area contributed by atoms with Crippen molar-refractivity contribution in [2.24, 2.45) is 17.8 Å². The van der Waals surface area contributed by atoms with E-state index in [1.165, 1.54) is 38.5 Å². The summed E-state index contributed by atoms with van der Waals surface area (Å²) in [5.41, 5.74) is 0. The Kier molecular flexibility index (Phi) is 4.11. The van der Waals surface area contributed by atoms with Crippen LogP contribution in [0.15, 0.2) is 0 Å². The maximum absolute atomic E-state index is 2.45. The van der Waals surface area contributed by atoms with Gasteiger partial charge in [-0.05, 0) is 17.8 Å². The van der Waals surface area contributed by atoms with Crippen LogP contribution in [-0.4, -0.2) is 0 Å². The molecule has 2 unspecified atom stereocenters. The first kappa shape index (κ1) is 10.1. The molecule has 1 rings (SSSR count). The van der Waals surface area contributed by atoms with Crippen LogP contribution in [0, 0.1) is 17.8 Å². The van der Waals surface area contributed by atoms with Crippen LogP contribution in [0.3, 0.4) is 0 Å². The second kappa shape index (κ2) is 4.89. The van der Waals surface area contributed by atoms with Crippen molar-refractivity contribution in [1.82, 2.24) is 0 Å². The topological polar surface area (TPSA) is 0 Å². The molecule has 0 N–H and O–H groups in total. The molecule has 2 atom stereocenters. The largest absolute Gasteiger partial charge is 0.0651 e. The normalized spacial score (nSPS) is 23.2. The van der Waals surface area contributed by atoms with Gasteiger partial charge in [0.25, 0.3) is 0 Å². The van der Waals surface area contributed by atoms with Gasteiger partial charge in [0, 0.05) is 0 Å². The van der Waals surface area contributed by atoms with Gasteiger partial charge in [0.05, 0.1) is 0 Å². The Morgan fingerprint density at radius 3 is 2.25 bits per heavy atom. The van der Waals surface area contributed by atoms with Crippen molar-refractivity contribution in [1.29, 1.82) is 0 Å². The molecule has 0 aliphatic heterocycles. The van der Waals surface area contributed by atoms with E-state index in [0.717, 1.165) is 17.8 Å². The summed E-state index contributed by atoms with van der Waals surface area (Å²) in [5, 5.41) is 0. The highest BCUT2D eigenvalue weighted by Crippen LogP contribution is 2.35. The fourth-order valence-electron chi connectivity index (χ4n) is 2.00. The molecule has 12 heavy (non-hydrogen) atoms. The van der Waals surface area contributed by atoms with Crippen molar-refractivity contribution in [2.75, 3.05) is 0 Å². The second-order valence-electron chi connectivity index (χ2n) is 4.76. The number of rotatable bonds is 5. The molecule has 0 aromatic carbocycles. The van der Waals surface area contributed by atoms with Gasteiger partial charge in [-0.15, -0.1) is 0 Å². The van der Waals surface area contributed by atoms with Gasteiger partial charge in [-0.3, -0.25) is 0 Å². The minimum Gasteiger partial charge on any atom is -0.0651 e. The zero-order valence-electron chi connectivity index (χ0n) is 8.97. The van der Waals surface area contributed by atoms with Crippen LogP contribution in [-0.2, 0) is 0 Å². The third-order valence-electron chi connectivity index (χ3n) is 3.77. The molecule has 1 aliphatic rings. The predicted octanol–water partition coefficient (Wildman–Crippen LogP) is 4.25. The standard InChI is InChI=1S/C12H24/c1-4-10(2)8-9-11(3)12-6-5-7-12/h10-12H,4-9H2,1-3H3. The molecule has 0 aromatic rings. The van der Waals surface area contributed by atoms with Gasteiger partial charge in [0.2, 0.25) is 0 Å². The second-order valence-corrected chi connectivity index (χ2v) is 4.76. The number of hydrogen-bond acceptors (Lipinski definition) is 0. The zero-order chi connectivity index (χ0) is 8.97. The van der Waals surface area contributed by atoms with E-state index in [9.17, 15) is 0 Å². The zero-order valence-corrected chi connectivity index (χ0v) is 8.97. The quantitative estimate of drug-likeness (QED) is 0.575. The molecule has 0 spiro atoms. The summed E-state index contributed by atoms with van der Waals surface area (Å²) < 4.78 is 0. The van der Waals surface area contributed by atoms with Crippen molar-refractivity contribution < 1.29 is 0 Å². The molecule has 1 saturated carbocycles. The van der Waals surface area contributed by atoms with Gasteiger partial charge >= 0.3 is 0 Å². The van der Waals surface area contributed by atoms with Crippen molar-refractivity contribution >= 4 is 0 Å². The highest BCUT2D eigenvalue weighted by Gasteiger charge is 2.23. The van der Waals surface area contributed by atoms with Crippen molar-refractivity contribution in [2.45, 2.75) is 59.3 Å². The van der Waals surface area contributed by atoms with Gasteiger partial charge in [-0.25, -0.2) is 0 Å². The summed E-state index contributed by atoms with van der Waals surface area (Å²) in [6, 6.07) is 0. The SMILES string of the molecule is CCC(C)CCC(C)C1CCC1. The fourth-order valence-corrected chi connectivity index (χ4v) is 2.00. The minimum atomic E-state index is 0.951. The average molecular weight is 168 g/mol. The number of hydrogen-bond donors (Lipinski definition) is 0. The molecule has 0 amide bonds. The van der Waals surface area contributed by atoms with E-state index >= 15 is 0 Å². The van der Waals surface area contributed by atoms with E-state index in [1.54, 1.807) is 0 Å². The van der Waals surface area contributed by atoms with Crippen molar-refractivity contribution in [3.8, 4) is 0 Å². The lowest BCUT2D eigenvalue weighted by Gasteiger charge is -2.32. The van der Waals surface area contributed by atoms with Crippen LogP contribution in [0.25, 0.3) is 0 Å². The molecule has 72 valence electrons. The van der Waals surface area contributed by atoms with E-state index < -0.39 is 0 Å². The Bertz CT molecular complexity index is 113. The smallest absolute Gasteiger partial charge is 0.0388 e. The Morgan fingerprint density at radius 2 is 1.83 bits per heavy atom. The van der Waals surface area contributed by atoms with Gasteiger partial charge in [-0.1, -0.05) is 59.3 Å². The lowest BCUT2D eigenvalue weighted by atomic mass is 9.74. The third kappa shape index (κ3) is 2.80. The van der Waals surface area contributed by atoms with E-state index in [-0.39, 0.29) is 0 Å². The molecule has 0 heterocycles. The van der Waals surface area contributed by atoms with Gasteiger partial charge < -0.3 is 0 Å². The lowest BCUT2D eigenvalue weighted by Crippen LogP contribution is -2.19. The summed E-state index contributed by atoms with van der Waals surface area (Å²) in [6.07, 6.45) is 8.81. The van der Waals surface area contributed by atoms with E-state index in [2.05, 4.69) is 20.8 Å². The molecule has 1 fully saturated rings. The molecular formula is C12H24. The monoisotopic (exact) mass is 168 g/mol. The maximum Gasteiger partial charge on any atom is -0.0388 e. The maximum atomic E-state index is 2.45. The molecular weight excluding hydrogens is 144 g/mol.